The van der Waals surface area contributed by atoms with Crippen molar-refractivity contribution in [2.45, 2.75) is 31.4 Å². The Labute approximate surface area is 197 Å². The highest BCUT2D eigenvalue weighted by atomic mass is 35.5. The summed E-state index contributed by atoms with van der Waals surface area (Å²) in [5.41, 5.74) is 0.378. The predicted octanol–water partition coefficient (Wildman–Crippen LogP) is 3.26. The Kier molecular flexibility index (Phi) is 7.50. The van der Waals surface area contributed by atoms with Crippen molar-refractivity contribution >= 4 is 35.0 Å². The van der Waals surface area contributed by atoms with Crippen molar-refractivity contribution in [3.05, 3.63) is 58.3 Å². The largest absolute Gasteiger partial charge is 0.489 e. The van der Waals surface area contributed by atoms with Crippen LogP contribution in [0.5, 0.6) is 5.75 Å². The average Bonchev–Trinajstić information content (AvgIpc) is 3.31. The number of piperidine rings is 1. The number of nitrogens with zero attached hydrogens (tertiary/aromatic N) is 3. The fourth-order valence-corrected chi connectivity index (χ4v) is 4.54. The van der Waals surface area contributed by atoms with Gasteiger partial charge in [0.15, 0.2) is 0 Å². The van der Waals surface area contributed by atoms with E-state index < -0.39 is 0 Å². The molecular formula is C23H26Cl2N4O3. The fourth-order valence-electron chi connectivity index (χ4n) is 4.24. The smallest absolute Gasteiger partial charge is 0.251 e. The Bertz CT molecular complexity index is 952. The van der Waals surface area contributed by atoms with Crippen LogP contribution in [0, 0.1) is 0 Å². The first kappa shape index (κ1) is 22.8. The van der Waals surface area contributed by atoms with Crippen LogP contribution < -0.4 is 10.1 Å². The van der Waals surface area contributed by atoms with E-state index in [0.29, 0.717) is 34.7 Å². The molecule has 2 aliphatic rings. The van der Waals surface area contributed by atoms with E-state index in [4.69, 9.17) is 27.9 Å². The van der Waals surface area contributed by atoms with Gasteiger partial charge in [0.25, 0.3) is 5.91 Å². The number of benzene rings is 1. The summed E-state index contributed by atoms with van der Waals surface area (Å²) < 4.78 is 6.02. The summed E-state index contributed by atoms with van der Waals surface area (Å²) in [5.74, 6) is 0.394. The third kappa shape index (κ3) is 5.71. The number of hydrogen-bond donors (Lipinski definition) is 1. The van der Waals surface area contributed by atoms with Crippen LogP contribution in [0.25, 0.3) is 0 Å². The van der Waals surface area contributed by atoms with Crippen LogP contribution in [-0.2, 0) is 4.79 Å². The lowest BCUT2D eigenvalue weighted by atomic mass is 10.0. The summed E-state index contributed by atoms with van der Waals surface area (Å²) in [7, 11) is 0. The maximum atomic E-state index is 12.6. The van der Waals surface area contributed by atoms with Gasteiger partial charge in [-0.05, 0) is 49.6 Å². The molecule has 1 aromatic heterocycles. The third-order valence-corrected chi connectivity index (χ3v) is 6.77. The molecule has 3 heterocycles. The van der Waals surface area contributed by atoms with Gasteiger partial charge in [0, 0.05) is 44.0 Å². The SMILES string of the molecule is O=C(NCC(=O)N1CCC(N2CCC(Oc3cccnc3)CC2)C1)c1ccc(Cl)c(Cl)c1. The number of likely N-dealkylation sites (tertiary alicyclic amines) is 2. The number of nitrogens with one attached hydrogen (secondary N) is 1. The van der Waals surface area contributed by atoms with Crippen LogP contribution in [0.3, 0.4) is 0 Å². The fraction of sp³-hybridized carbons (Fsp3) is 0.435. The summed E-state index contributed by atoms with van der Waals surface area (Å²) in [6.45, 7) is 3.26. The monoisotopic (exact) mass is 476 g/mol. The third-order valence-electron chi connectivity index (χ3n) is 6.03. The summed E-state index contributed by atoms with van der Waals surface area (Å²) in [6, 6.07) is 8.81. The minimum atomic E-state index is -0.344. The van der Waals surface area contributed by atoms with E-state index >= 15 is 0 Å². The molecule has 2 aliphatic heterocycles. The van der Waals surface area contributed by atoms with Gasteiger partial charge >= 0.3 is 0 Å². The topological polar surface area (TPSA) is 74.8 Å². The lowest BCUT2D eigenvalue weighted by Gasteiger charge is -2.35. The number of rotatable bonds is 6. The van der Waals surface area contributed by atoms with E-state index in [0.717, 1.165) is 38.1 Å². The van der Waals surface area contributed by atoms with Crippen LogP contribution in [0.1, 0.15) is 29.6 Å². The zero-order chi connectivity index (χ0) is 22.5. The molecule has 1 aromatic carbocycles. The van der Waals surface area contributed by atoms with Crippen molar-refractivity contribution < 1.29 is 14.3 Å². The number of hydrogen-bond acceptors (Lipinski definition) is 5. The first-order valence-electron chi connectivity index (χ1n) is 10.8. The predicted molar refractivity (Wildman–Crippen MR) is 123 cm³/mol. The van der Waals surface area contributed by atoms with Crippen LogP contribution in [0.2, 0.25) is 10.0 Å². The van der Waals surface area contributed by atoms with Crippen molar-refractivity contribution in [2.75, 3.05) is 32.7 Å². The van der Waals surface area contributed by atoms with Gasteiger partial charge in [-0.2, -0.15) is 0 Å². The summed E-state index contributed by atoms with van der Waals surface area (Å²) in [4.78, 5) is 33.3. The average molecular weight is 477 g/mol. The van der Waals surface area contributed by atoms with Crippen molar-refractivity contribution in [2.24, 2.45) is 0 Å². The van der Waals surface area contributed by atoms with Crippen molar-refractivity contribution in [3.8, 4) is 5.75 Å². The maximum Gasteiger partial charge on any atom is 0.251 e. The molecular weight excluding hydrogens is 451 g/mol. The zero-order valence-electron chi connectivity index (χ0n) is 17.7. The number of aromatic nitrogens is 1. The highest BCUT2D eigenvalue weighted by Gasteiger charge is 2.33. The maximum absolute atomic E-state index is 12.6. The quantitative estimate of drug-likeness (QED) is 0.692. The van der Waals surface area contributed by atoms with Crippen molar-refractivity contribution in [1.82, 2.24) is 20.1 Å². The molecule has 2 aromatic rings. The Hall–Kier alpha value is -2.35. The molecule has 4 rings (SSSR count). The Morgan fingerprint density at radius 2 is 1.91 bits per heavy atom. The number of carbonyl (C=O) groups is 2. The molecule has 0 aliphatic carbocycles. The summed E-state index contributed by atoms with van der Waals surface area (Å²) >= 11 is 11.8. The molecule has 1 unspecified atom stereocenters. The first-order chi connectivity index (χ1) is 15.5. The standard InChI is InChI=1S/C23H26Cl2N4O3/c24-20-4-3-16(12-21(20)25)23(31)27-14-22(30)29-9-5-17(15-29)28-10-6-18(7-11-28)32-19-2-1-8-26-13-19/h1-4,8,12-13,17-18H,5-7,9-11,14-15H2,(H,27,31). The molecule has 0 bridgehead atoms. The first-order valence-corrected chi connectivity index (χ1v) is 11.6. The second-order valence-electron chi connectivity index (χ2n) is 8.14. The number of carbonyl (C=O) groups excluding carboxylic acids is 2. The molecule has 0 radical (unpaired) electrons. The minimum Gasteiger partial charge on any atom is -0.489 e. The van der Waals surface area contributed by atoms with E-state index in [-0.39, 0.29) is 24.5 Å². The summed E-state index contributed by atoms with van der Waals surface area (Å²) in [6.07, 6.45) is 6.54. The second kappa shape index (κ2) is 10.5. The van der Waals surface area contributed by atoms with E-state index in [1.165, 1.54) is 6.07 Å². The second-order valence-corrected chi connectivity index (χ2v) is 8.95. The Morgan fingerprint density at radius 3 is 2.62 bits per heavy atom. The van der Waals surface area contributed by atoms with Crippen LogP contribution >= 0.6 is 23.2 Å². The van der Waals surface area contributed by atoms with E-state index in [2.05, 4.69) is 15.2 Å². The van der Waals surface area contributed by atoms with E-state index in [1.54, 1.807) is 24.5 Å². The van der Waals surface area contributed by atoms with Gasteiger partial charge in [-0.15, -0.1) is 0 Å². The zero-order valence-corrected chi connectivity index (χ0v) is 19.2. The van der Waals surface area contributed by atoms with Gasteiger partial charge in [0.05, 0.1) is 22.8 Å². The molecule has 2 saturated heterocycles. The molecule has 32 heavy (non-hydrogen) atoms. The lowest BCUT2D eigenvalue weighted by molar-refractivity contribution is -0.129. The highest BCUT2D eigenvalue weighted by molar-refractivity contribution is 6.42. The molecule has 170 valence electrons. The molecule has 2 fully saturated rings. The van der Waals surface area contributed by atoms with Gasteiger partial charge in [-0.3, -0.25) is 19.5 Å². The number of pyridine rings is 1. The van der Waals surface area contributed by atoms with Crippen LogP contribution in [0.15, 0.2) is 42.7 Å². The molecule has 0 spiro atoms. The van der Waals surface area contributed by atoms with Gasteiger partial charge in [0.2, 0.25) is 5.91 Å². The van der Waals surface area contributed by atoms with Gasteiger partial charge < -0.3 is 15.0 Å². The van der Waals surface area contributed by atoms with E-state index in [9.17, 15) is 9.59 Å². The van der Waals surface area contributed by atoms with Crippen molar-refractivity contribution in [1.29, 1.82) is 0 Å². The summed E-state index contributed by atoms with van der Waals surface area (Å²) in [5, 5.41) is 3.37. The molecule has 2 amide bonds. The number of halogens is 2. The highest BCUT2D eigenvalue weighted by Crippen LogP contribution is 2.24. The van der Waals surface area contributed by atoms with E-state index in [1.807, 2.05) is 17.0 Å². The number of ether oxygens (including phenoxy) is 1. The Morgan fingerprint density at radius 1 is 1.09 bits per heavy atom. The molecule has 1 atom stereocenters. The van der Waals surface area contributed by atoms with Crippen molar-refractivity contribution in [3.63, 3.8) is 0 Å². The normalized spacial score (nSPS) is 19.7. The molecule has 1 N–H and O–H groups in total. The molecule has 7 nitrogen and oxygen atoms in total. The number of amides is 2. The molecule has 0 saturated carbocycles. The lowest BCUT2D eigenvalue weighted by Crippen LogP contribution is -2.46. The van der Waals surface area contributed by atoms with Gasteiger partial charge in [-0.1, -0.05) is 23.2 Å². The van der Waals surface area contributed by atoms with Crippen LogP contribution in [-0.4, -0.2) is 71.5 Å². The minimum absolute atomic E-state index is 0.0349. The van der Waals surface area contributed by atoms with Crippen LogP contribution in [0.4, 0.5) is 0 Å². The molecule has 9 heteroatoms. The Balaban J connectivity index is 1.20. The van der Waals surface area contributed by atoms with Gasteiger partial charge in [0.1, 0.15) is 11.9 Å². The van der Waals surface area contributed by atoms with Gasteiger partial charge in [-0.25, -0.2) is 0 Å².